The van der Waals surface area contributed by atoms with E-state index >= 15 is 0 Å². The predicted octanol–water partition coefficient (Wildman–Crippen LogP) is 2.38. The molecule has 0 aliphatic carbocycles. The number of amides is 1. The van der Waals surface area contributed by atoms with Crippen LogP contribution in [0.4, 0.5) is 0 Å². The second kappa shape index (κ2) is 6.19. The molecular formula is C15H16ClN3O3. The topological polar surface area (TPSA) is 75.4 Å². The van der Waals surface area contributed by atoms with Crippen molar-refractivity contribution in [3.63, 3.8) is 0 Å². The van der Waals surface area contributed by atoms with Crippen molar-refractivity contribution < 1.29 is 14.7 Å². The Labute approximate surface area is 132 Å². The van der Waals surface area contributed by atoms with E-state index in [0.717, 1.165) is 0 Å². The number of likely N-dealkylation sites (N-methyl/N-ethyl adjacent to an activating group) is 1. The van der Waals surface area contributed by atoms with Gasteiger partial charge in [-0.25, -0.2) is 9.48 Å². The highest BCUT2D eigenvalue weighted by atomic mass is 35.5. The van der Waals surface area contributed by atoms with E-state index in [1.807, 2.05) is 6.07 Å². The van der Waals surface area contributed by atoms with Crippen LogP contribution in [0, 0.1) is 6.92 Å². The summed E-state index contributed by atoms with van der Waals surface area (Å²) in [6, 6.07) is 6.23. The maximum absolute atomic E-state index is 12.4. The van der Waals surface area contributed by atoms with Gasteiger partial charge in [0.25, 0.3) is 5.91 Å². The van der Waals surface area contributed by atoms with Crippen molar-refractivity contribution in [3.8, 4) is 5.69 Å². The van der Waals surface area contributed by atoms with Gasteiger partial charge in [0.05, 0.1) is 28.2 Å². The molecule has 0 bridgehead atoms. The van der Waals surface area contributed by atoms with E-state index in [2.05, 4.69) is 5.10 Å². The minimum Gasteiger partial charge on any atom is -0.480 e. The maximum atomic E-state index is 12.4. The lowest BCUT2D eigenvalue weighted by Gasteiger charge is -2.21. The summed E-state index contributed by atoms with van der Waals surface area (Å²) >= 11 is 6.14. The summed E-state index contributed by atoms with van der Waals surface area (Å²) in [5.74, 6) is -1.46. The zero-order valence-electron chi connectivity index (χ0n) is 12.4. The van der Waals surface area contributed by atoms with Crippen LogP contribution in [-0.4, -0.2) is 44.8 Å². The number of rotatable bonds is 4. The van der Waals surface area contributed by atoms with Gasteiger partial charge in [0.2, 0.25) is 0 Å². The molecule has 0 saturated carbocycles. The molecule has 1 N–H and O–H groups in total. The minimum atomic E-state index is -1.06. The average Bonchev–Trinajstić information content (AvgIpc) is 2.87. The molecule has 7 heteroatoms. The number of aromatic nitrogens is 2. The van der Waals surface area contributed by atoms with Crippen molar-refractivity contribution in [2.24, 2.45) is 0 Å². The third-order valence-corrected chi connectivity index (χ3v) is 3.90. The smallest absolute Gasteiger partial charge is 0.326 e. The van der Waals surface area contributed by atoms with Crippen LogP contribution in [0.3, 0.4) is 0 Å². The van der Waals surface area contributed by atoms with E-state index in [4.69, 9.17) is 16.7 Å². The zero-order valence-corrected chi connectivity index (χ0v) is 13.2. The normalized spacial score (nSPS) is 12.0. The summed E-state index contributed by atoms with van der Waals surface area (Å²) in [6.07, 6.45) is 1.42. The van der Waals surface area contributed by atoms with Crippen LogP contribution in [-0.2, 0) is 4.79 Å². The molecule has 0 spiro atoms. The lowest BCUT2D eigenvalue weighted by atomic mass is 10.2. The standard InChI is InChI=1S/C15H16ClN3O3/c1-9-11(14(20)18(3)10(2)15(21)22)8-17-19(9)13-7-5-4-6-12(13)16/h4-8,10H,1-3H3,(H,21,22). The molecular weight excluding hydrogens is 306 g/mol. The van der Waals surface area contributed by atoms with Gasteiger partial charge in [-0.1, -0.05) is 23.7 Å². The summed E-state index contributed by atoms with van der Waals surface area (Å²) in [7, 11) is 1.45. The number of carboxylic acid groups (broad SMARTS) is 1. The number of hydrogen-bond donors (Lipinski definition) is 1. The molecule has 1 heterocycles. The molecule has 116 valence electrons. The Morgan fingerprint density at radius 1 is 1.36 bits per heavy atom. The molecule has 1 unspecified atom stereocenters. The maximum Gasteiger partial charge on any atom is 0.326 e. The van der Waals surface area contributed by atoms with E-state index in [1.165, 1.54) is 25.1 Å². The number of hydrogen-bond acceptors (Lipinski definition) is 3. The Kier molecular flexibility index (Phi) is 4.51. The highest BCUT2D eigenvalue weighted by molar-refractivity contribution is 6.32. The molecule has 0 aliphatic heterocycles. The fourth-order valence-electron chi connectivity index (χ4n) is 2.02. The molecule has 0 saturated heterocycles. The predicted molar refractivity (Wildman–Crippen MR) is 82.5 cm³/mol. The van der Waals surface area contributed by atoms with Crippen LogP contribution in [0.5, 0.6) is 0 Å². The van der Waals surface area contributed by atoms with Gasteiger partial charge >= 0.3 is 5.97 Å². The fraction of sp³-hybridized carbons (Fsp3) is 0.267. The first-order valence-electron chi connectivity index (χ1n) is 6.64. The highest BCUT2D eigenvalue weighted by Gasteiger charge is 2.25. The third-order valence-electron chi connectivity index (χ3n) is 3.58. The van der Waals surface area contributed by atoms with Crippen LogP contribution in [0.2, 0.25) is 5.02 Å². The average molecular weight is 322 g/mol. The first-order chi connectivity index (χ1) is 10.3. The molecule has 1 amide bonds. The summed E-state index contributed by atoms with van der Waals surface area (Å²) in [4.78, 5) is 24.6. The third kappa shape index (κ3) is 2.82. The van der Waals surface area contributed by atoms with Gasteiger partial charge in [-0.15, -0.1) is 0 Å². The van der Waals surface area contributed by atoms with Gasteiger partial charge in [0.15, 0.2) is 0 Å². The monoisotopic (exact) mass is 321 g/mol. The zero-order chi connectivity index (χ0) is 16.4. The van der Waals surface area contributed by atoms with Crippen molar-refractivity contribution >= 4 is 23.5 Å². The van der Waals surface area contributed by atoms with E-state index in [0.29, 0.717) is 22.0 Å². The number of para-hydroxylation sites is 1. The molecule has 2 rings (SSSR count). The van der Waals surface area contributed by atoms with Crippen LogP contribution < -0.4 is 0 Å². The Bertz CT molecular complexity index is 727. The molecule has 6 nitrogen and oxygen atoms in total. The van der Waals surface area contributed by atoms with Crippen LogP contribution in [0.25, 0.3) is 5.69 Å². The number of nitrogens with zero attached hydrogens (tertiary/aromatic N) is 3. The van der Waals surface area contributed by atoms with E-state index < -0.39 is 17.9 Å². The Morgan fingerprint density at radius 3 is 2.59 bits per heavy atom. The van der Waals surface area contributed by atoms with Gasteiger partial charge in [-0.2, -0.15) is 5.10 Å². The van der Waals surface area contributed by atoms with E-state index in [9.17, 15) is 9.59 Å². The fourth-order valence-corrected chi connectivity index (χ4v) is 2.23. The van der Waals surface area contributed by atoms with Crippen LogP contribution in [0.15, 0.2) is 30.5 Å². The number of halogens is 1. The second-order valence-electron chi connectivity index (χ2n) is 4.94. The highest BCUT2D eigenvalue weighted by Crippen LogP contribution is 2.22. The number of carboxylic acids is 1. The number of benzene rings is 1. The van der Waals surface area contributed by atoms with Gasteiger partial charge in [-0.3, -0.25) is 4.79 Å². The minimum absolute atomic E-state index is 0.343. The molecule has 1 atom stereocenters. The quantitative estimate of drug-likeness (QED) is 0.938. The van der Waals surface area contributed by atoms with Gasteiger partial charge in [0.1, 0.15) is 6.04 Å². The number of aliphatic carboxylic acids is 1. The Morgan fingerprint density at radius 2 is 2.00 bits per heavy atom. The Hall–Kier alpha value is -2.34. The van der Waals surface area contributed by atoms with Crippen molar-refractivity contribution in [3.05, 3.63) is 46.7 Å². The Balaban J connectivity index is 2.38. The van der Waals surface area contributed by atoms with Crippen LogP contribution in [0.1, 0.15) is 23.0 Å². The lowest BCUT2D eigenvalue weighted by Crippen LogP contribution is -2.40. The largest absolute Gasteiger partial charge is 0.480 e. The molecule has 22 heavy (non-hydrogen) atoms. The van der Waals surface area contributed by atoms with Gasteiger partial charge in [-0.05, 0) is 26.0 Å². The van der Waals surface area contributed by atoms with Crippen molar-refractivity contribution in [1.82, 2.24) is 14.7 Å². The molecule has 1 aromatic heterocycles. The van der Waals surface area contributed by atoms with Crippen LogP contribution >= 0.6 is 11.6 Å². The number of carbonyl (C=O) groups excluding carboxylic acids is 1. The first-order valence-corrected chi connectivity index (χ1v) is 7.02. The van der Waals surface area contributed by atoms with Crippen molar-refractivity contribution in [2.75, 3.05) is 7.05 Å². The van der Waals surface area contributed by atoms with E-state index in [1.54, 1.807) is 29.8 Å². The van der Waals surface area contributed by atoms with Gasteiger partial charge in [0, 0.05) is 7.05 Å². The second-order valence-corrected chi connectivity index (χ2v) is 5.34. The SMILES string of the molecule is Cc1c(C(=O)N(C)C(C)C(=O)O)cnn1-c1ccccc1Cl. The van der Waals surface area contributed by atoms with Crippen molar-refractivity contribution in [1.29, 1.82) is 0 Å². The molecule has 0 aliphatic rings. The summed E-state index contributed by atoms with van der Waals surface area (Å²) < 4.78 is 1.56. The van der Waals surface area contributed by atoms with Gasteiger partial charge < -0.3 is 10.0 Å². The molecule has 1 aromatic carbocycles. The summed E-state index contributed by atoms with van der Waals surface area (Å²) in [6.45, 7) is 3.19. The first kappa shape index (κ1) is 16.0. The molecule has 2 aromatic rings. The number of carbonyl (C=O) groups is 2. The molecule has 0 fully saturated rings. The summed E-state index contributed by atoms with van der Waals surface area (Å²) in [5.41, 5.74) is 1.60. The van der Waals surface area contributed by atoms with E-state index in [-0.39, 0.29) is 0 Å². The van der Waals surface area contributed by atoms with Crippen molar-refractivity contribution in [2.45, 2.75) is 19.9 Å². The lowest BCUT2D eigenvalue weighted by molar-refractivity contribution is -0.141. The summed E-state index contributed by atoms with van der Waals surface area (Å²) in [5, 5.41) is 13.7. The molecule has 0 radical (unpaired) electrons.